The molecular weight excluding hydrogens is 500 g/mol. The van der Waals surface area contributed by atoms with Gasteiger partial charge < -0.3 is 24.8 Å². The second-order valence-corrected chi connectivity index (χ2v) is 8.11. The summed E-state index contributed by atoms with van der Waals surface area (Å²) >= 11 is 0. The average molecular weight is 533 g/mol. The van der Waals surface area contributed by atoms with Crippen LogP contribution in [0.2, 0.25) is 0 Å². The Balaban J connectivity index is 1.55. The van der Waals surface area contributed by atoms with Gasteiger partial charge in [-0.1, -0.05) is 31.2 Å². The Morgan fingerprint density at radius 1 is 0.769 bits per heavy atom. The first-order valence-corrected chi connectivity index (χ1v) is 12.6. The Morgan fingerprint density at radius 2 is 1.49 bits per heavy atom. The molecule has 10 nitrogen and oxygen atoms in total. The molecular formula is C29H32N4O6. The number of benzene rings is 3. The van der Waals surface area contributed by atoms with Crippen molar-refractivity contribution in [3.8, 4) is 17.2 Å². The number of hydrogen-bond donors (Lipinski definition) is 3. The van der Waals surface area contributed by atoms with Gasteiger partial charge in [-0.15, -0.1) is 0 Å². The first kappa shape index (κ1) is 28.7. The number of rotatable bonds is 12. The lowest BCUT2D eigenvalue weighted by Crippen LogP contribution is -2.32. The Bertz CT molecular complexity index is 1310. The van der Waals surface area contributed by atoms with Crippen LogP contribution in [0.15, 0.2) is 71.8 Å². The van der Waals surface area contributed by atoms with Crippen molar-refractivity contribution in [3.63, 3.8) is 0 Å². The lowest BCUT2D eigenvalue weighted by molar-refractivity contribution is -0.136. The largest absolute Gasteiger partial charge is 0.492 e. The number of aryl methyl sites for hydroxylation is 1. The Labute approximate surface area is 227 Å². The molecule has 39 heavy (non-hydrogen) atoms. The highest BCUT2D eigenvalue weighted by atomic mass is 16.5. The third-order valence-corrected chi connectivity index (χ3v) is 5.29. The quantitative estimate of drug-likeness (QED) is 0.183. The van der Waals surface area contributed by atoms with E-state index in [-0.39, 0.29) is 12.5 Å². The number of carbonyl (C=O) groups is 3. The third kappa shape index (κ3) is 8.89. The summed E-state index contributed by atoms with van der Waals surface area (Å²) in [6, 6.07) is 19.4. The maximum atomic E-state index is 12.3. The standard InChI is InChI=1S/C29H32N4O6/c1-4-20-11-14-22(15-12-20)31-27(34)19-39-25-16-13-21(17-26(25)38-6-3)18-30-33-29(36)28(35)32-23-9-7-8-10-24(23)37-5-2/h7-18H,4-6,19H2,1-3H3,(H,31,34)(H,32,35)(H,33,36)/b30-18-. The number of carbonyl (C=O) groups excluding carboxylic acids is 3. The van der Waals surface area contributed by atoms with Gasteiger partial charge in [0.15, 0.2) is 18.1 Å². The second-order valence-electron chi connectivity index (χ2n) is 8.11. The van der Waals surface area contributed by atoms with Crippen molar-refractivity contribution in [1.29, 1.82) is 0 Å². The predicted octanol–water partition coefficient (Wildman–Crippen LogP) is 4.15. The Morgan fingerprint density at radius 3 is 2.21 bits per heavy atom. The number of hydrogen-bond acceptors (Lipinski definition) is 7. The van der Waals surface area contributed by atoms with Crippen molar-refractivity contribution >= 4 is 35.3 Å². The minimum atomic E-state index is -0.946. The maximum absolute atomic E-state index is 12.3. The molecule has 0 unspecified atom stereocenters. The van der Waals surface area contributed by atoms with Gasteiger partial charge in [0.05, 0.1) is 25.1 Å². The third-order valence-electron chi connectivity index (χ3n) is 5.29. The van der Waals surface area contributed by atoms with Crippen LogP contribution in [-0.4, -0.2) is 43.8 Å². The fraction of sp³-hybridized carbons (Fsp3) is 0.241. The second kappa shape index (κ2) is 14.8. The van der Waals surface area contributed by atoms with Gasteiger partial charge in [-0.3, -0.25) is 14.4 Å². The number of anilines is 2. The molecule has 3 N–H and O–H groups in total. The molecule has 3 amide bonds. The molecule has 0 heterocycles. The van der Waals surface area contributed by atoms with Crippen molar-refractivity contribution in [3.05, 3.63) is 77.9 Å². The summed E-state index contributed by atoms with van der Waals surface area (Å²) in [5, 5.41) is 9.14. The highest BCUT2D eigenvalue weighted by Gasteiger charge is 2.15. The number of amides is 3. The molecule has 3 rings (SSSR count). The summed E-state index contributed by atoms with van der Waals surface area (Å²) in [4.78, 5) is 36.8. The SMILES string of the molecule is CCOc1ccccc1NC(=O)C(=O)N/N=C\c1ccc(OCC(=O)Nc2ccc(CC)cc2)c(OCC)c1. The average Bonchev–Trinajstić information content (AvgIpc) is 2.94. The zero-order valence-electron chi connectivity index (χ0n) is 22.2. The molecule has 0 aliphatic heterocycles. The maximum Gasteiger partial charge on any atom is 0.329 e. The Kier molecular flexibility index (Phi) is 10.9. The molecule has 0 saturated carbocycles. The first-order valence-electron chi connectivity index (χ1n) is 12.6. The first-order chi connectivity index (χ1) is 18.9. The van der Waals surface area contributed by atoms with E-state index in [1.165, 1.54) is 11.8 Å². The normalized spacial score (nSPS) is 10.5. The molecule has 10 heteroatoms. The molecule has 0 spiro atoms. The van der Waals surface area contributed by atoms with Gasteiger partial charge >= 0.3 is 11.8 Å². The van der Waals surface area contributed by atoms with E-state index in [2.05, 4.69) is 28.1 Å². The van der Waals surface area contributed by atoms with Gasteiger partial charge in [-0.2, -0.15) is 5.10 Å². The van der Waals surface area contributed by atoms with E-state index in [0.29, 0.717) is 47.4 Å². The van der Waals surface area contributed by atoms with E-state index < -0.39 is 11.8 Å². The minimum absolute atomic E-state index is 0.208. The molecule has 0 saturated heterocycles. The fourth-order valence-corrected chi connectivity index (χ4v) is 3.40. The number of ether oxygens (including phenoxy) is 3. The summed E-state index contributed by atoms with van der Waals surface area (Å²) < 4.78 is 16.7. The molecule has 0 atom stereocenters. The summed E-state index contributed by atoms with van der Waals surface area (Å²) in [7, 11) is 0. The van der Waals surface area contributed by atoms with Crippen molar-refractivity contribution in [2.45, 2.75) is 27.2 Å². The number of nitrogens with zero attached hydrogens (tertiary/aromatic N) is 1. The van der Waals surface area contributed by atoms with E-state index in [9.17, 15) is 14.4 Å². The van der Waals surface area contributed by atoms with Gasteiger partial charge in [0.1, 0.15) is 5.75 Å². The molecule has 3 aromatic carbocycles. The topological polar surface area (TPSA) is 127 Å². The summed E-state index contributed by atoms with van der Waals surface area (Å²) in [5.74, 6) is -0.911. The van der Waals surface area contributed by atoms with Gasteiger partial charge in [-0.05, 0) is 73.9 Å². The van der Waals surface area contributed by atoms with Gasteiger partial charge in [0, 0.05) is 5.69 Å². The van der Waals surface area contributed by atoms with Gasteiger partial charge in [-0.25, -0.2) is 5.43 Å². The van der Waals surface area contributed by atoms with Gasteiger partial charge in [0.2, 0.25) is 0 Å². The van der Waals surface area contributed by atoms with Crippen LogP contribution < -0.4 is 30.3 Å². The van der Waals surface area contributed by atoms with Crippen LogP contribution >= 0.6 is 0 Å². The summed E-state index contributed by atoms with van der Waals surface area (Å²) in [5.41, 5.74) is 5.02. The van der Waals surface area contributed by atoms with Crippen molar-refractivity contribution in [2.24, 2.45) is 5.10 Å². The van der Waals surface area contributed by atoms with Crippen LogP contribution in [0.5, 0.6) is 17.2 Å². The summed E-state index contributed by atoms with van der Waals surface area (Å²) in [6.45, 7) is 6.28. The van der Waals surface area contributed by atoms with E-state index in [1.54, 1.807) is 42.5 Å². The van der Waals surface area contributed by atoms with Crippen LogP contribution in [0, 0.1) is 0 Å². The molecule has 204 valence electrons. The van der Waals surface area contributed by atoms with Crippen LogP contribution in [0.4, 0.5) is 11.4 Å². The lowest BCUT2D eigenvalue weighted by Gasteiger charge is -2.13. The van der Waals surface area contributed by atoms with Crippen LogP contribution in [-0.2, 0) is 20.8 Å². The highest BCUT2D eigenvalue weighted by molar-refractivity contribution is 6.39. The number of hydrazone groups is 1. The minimum Gasteiger partial charge on any atom is -0.492 e. The molecule has 0 bridgehead atoms. The van der Waals surface area contributed by atoms with Crippen LogP contribution in [0.3, 0.4) is 0 Å². The van der Waals surface area contributed by atoms with E-state index in [1.807, 2.05) is 38.1 Å². The highest BCUT2D eigenvalue weighted by Crippen LogP contribution is 2.28. The molecule has 3 aromatic rings. The van der Waals surface area contributed by atoms with E-state index >= 15 is 0 Å². The zero-order valence-corrected chi connectivity index (χ0v) is 22.2. The number of nitrogens with one attached hydrogen (secondary N) is 3. The van der Waals surface area contributed by atoms with E-state index in [4.69, 9.17) is 14.2 Å². The molecule has 0 fully saturated rings. The predicted molar refractivity (Wildman–Crippen MR) is 150 cm³/mol. The van der Waals surface area contributed by atoms with Crippen molar-refractivity contribution in [2.75, 3.05) is 30.5 Å². The summed E-state index contributed by atoms with van der Waals surface area (Å²) in [6.07, 6.45) is 2.28. The van der Waals surface area contributed by atoms with Crippen LogP contribution in [0.1, 0.15) is 31.9 Å². The number of para-hydroxylation sites is 2. The molecule has 0 aromatic heterocycles. The van der Waals surface area contributed by atoms with Crippen molar-refractivity contribution in [1.82, 2.24) is 5.43 Å². The van der Waals surface area contributed by atoms with Gasteiger partial charge in [0.25, 0.3) is 5.91 Å². The molecule has 0 aliphatic carbocycles. The monoisotopic (exact) mass is 532 g/mol. The Hall–Kier alpha value is -4.86. The van der Waals surface area contributed by atoms with Crippen molar-refractivity contribution < 1.29 is 28.6 Å². The van der Waals surface area contributed by atoms with E-state index in [0.717, 1.165) is 6.42 Å². The smallest absolute Gasteiger partial charge is 0.329 e. The lowest BCUT2D eigenvalue weighted by atomic mass is 10.1. The molecule has 0 radical (unpaired) electrons. The van der Waals surface area contributed by atoms with Crippen LogP contribution in [0.25, 0.3) is 0 Å². The fourth-order valence-electron chi connectivity index (χ4n) is 3.40. The zero-order chi connectivity index (χ0) is 28.0. The molecule has 0 aliphatic rings.